The van der Waals surface area contributed by atoms with E-state index in [0.717, 1.165) is 12.0 Å². The Bertz CT molecular complexity index is 1100. The van der Waals surface area contributed by atoms with Gasteiger partial charge in [-0.15, -0.1) is 0 Å². The maximum absolute atomic E-state index is 14.0. The van der Waals surface area contributed by atoms with Gasteiger partial charge in [0.1, 0.15) is 24.7 Å². The van der Waals surface area contributed by atoms with Crippen molar-refractivity contribution in [3.8, 4) is 23.0 Å². The van der Waals surface area contributed by atoms with E-state index in [1.54, 1.807) is 38.5 Å². The number of hydrogen-bond acceptors (Lipinski definition) is 6. The molecule has 36 heavy (non-hydrogen) atoms. The lowest BCUT2D eigenvalue weighted by Crippen LogP contribution is -2.56. The molecule has 2 aromatic rings. The summed E-state index contributed by atoms with van der Waals surface area (Å²) < 4.78 is 22.4. The van der Waals surface area contributed by atoms with Gasteiger partial charge in [0.2, 0.25) is 0 Å². The van der Waals surface area contributed by atoms with E-state index in [9.17, 15) is 9.59 Å². The molecule has 2 aromatic carbocycles. The Kier molecular flexibility index (Phi) is 8.38. The number of fused-ring (bicyclic) bond motifs is 1. The molecule has 8 heteroatoms. The van der Waals surface area contributed by atoms with E-state index in [2.05, 4.69) is 33.1 Å². The molecule has 1 aliphatic rings. The number of hydrogen-bond donors (Lipinski definition) is 1. The van der Waals surface area contributed by atoms with Gasteiger partial charge in [-0.3, -0.25) is 15.0 Å². The van der Waals surface area contributed by atoms with Crippen LogP contribution in [0.2, 0.25) is 0 Å². The first-order valence-corrected chi connectivity index (χ1v) is 12.3. The van der Waals surface area contributed by atoms with Gasteiger partial charge in [-0.1, -0.05) is 34.1 Å². The summed E-state index contributed by atoms with van der Waals surface area (Å²) in [6.45, 7) is 12.8. The van der Waals surface area contributed by atoms with Crippen LogP contribution in [0.4, 0.5) is 0 Å². The number of nitrogens with one attached hydrogen (secondary N) is 1. The largest absolute Gasteiger partial charge is 0.496 e. The fraction of sp³-hybridized carbons (Fsp3) is 0.500. The Morgan fingerprint density at radius 2 is 1.64 bits per heavy atom. The number of methoxy groups -OCH3 is 2. The fourth-order valence-corrected chi connectivity index (χ4v) is 4.51. The number of hydrazine groups is 1. The highest BCUT2D eigenvalue weighted by Gasteiger charge is 2.36. The second-order valence-corrected chi connectivity index (χ2v) is 10.1. The standard InChI is InChI=1S/C28H38N2O6/c1-9-10-24(28(4,5)6)30(27(32)19-15-22(33-7)18(3)23(16-19)34-8)29-26(31)20-11-12-21-25(17(20)2)36-14-13-35-21/h11-12,15-16,24H,9-10,13-14H2,1-8H3,(H,29,31). The first kappa shape index (κ1) is 27.2. The van der Waals surface area contributed by atoms with Crippen LogP contribution in [0.1, 0.15) is 72.4 Å². The highest BCUT2D eigenvalue weighted by atomic mass is 16.6. The monoisotopic (exact) mass is 498 g/mol. The molecule has 1 N–H and O–H groups in total. The predicted octanol–water partition coefficient (Wildman–Crippen LogP) is 5.09. The van der Waals surface area contributed by atoms with Gasteiger partial charge < -0.3 is 18.9 Å². The second-order valence-electron chi connectivity index (χ2n) is 10.1. The molecule has 1 unspecified atom stereocenters. The van der Waals surface area contributed by atoms with Crippen molar-refractivity contribution < 1.29 is 28.5 Å². The number of amides is 2. The third kappa shape index (κ3) is 5.53. The van der Waals surface area contributed by atoms with E-state index in [0.29, 0.717) is 59.3 Å². The lowest BCUT2D eigenvalue weighted by Gasteiger charge is -2.40. The number of rotatable bonds is 7. The highest BCUT2D eigenvalue weighted by molar-refractivity contribution is 6.01. The Morgan fingerprint density at radius 1 is 1.03 bits per heavy atom. The molecule has 0 saturated heterocycles. The van der Waals surface area contributed by atoms with Crippen LogP contribution in [-0.4, -0.2) is 50.3 Å². The third-order valence-electron chi connectivity index (χ3n) is 6.52. The van der Waals surface area contributed by atoms with E-state index >= 15 is 0 Å². The van der Waals surface area contributed by atoms with Crippen LogP contribution in [0.25, 0.3) is 0 Å². The molecule has 0 fully saturated rings. The van der Waals surface area contributed by atoms with Crippen molar-refractivity contribution in [1.29, 1.82) is 0 Å². The minimum atomic E-state index is -0.394. The average molecular weight is 499 g/mol. The number of benzene rings is 2. The molecular weight excluding hydrogens is 460 g/mol. The van der Waals surface area contributed by atoms with E-state index in [4.69, 9.17) is 18.9 Å². The smallest absolute Gasteiger partial charge is 0.272 e. The first-order chi connectivity index (χ1) is 17.0. The van der Waals surface area contributed by atoms with Crippen molar-refractivity contribution in [2.24, 2.45) is 5.41 Å². The second kappa shape index (κ2) is 11.1. The molecule has 8 nitrogen and oxygen atoms in total. The van der Waals surface area contributed by atoms with Gasteiger partial charge in [0.05, 0.1) is 20.3 Å². The number of carbonyl (C=O) groups excluding carboxylic acids is 2. The van der Waals surface area contributed by atoms with Gasteiger partial charge in [0.15, 0.2) is 11.5 Å². The summed E-state index contributed by atoms with van der Waals surface area (Å²) in [5, 5.41) is 1.46. The highest BCUT2D eigenvalue weighted by Crippen LogP contribution is 2.36. The van der Waals surface area contributed by atoms with Crippen molar-refractivity contribution in [3.05, 3.63) is 46.5 Å². The van der Waals surface area contributed by atoms with E-state index in [1.807, 2.05) is 13.8 Å². The minimum absolute atomic E-state index is 0.269. The zero-order valence-electron chi connectivity index (χ0n) is 22.6. The number of nitrogens with zero attached hydrogens (tertiary/aromatic N) is 1. The topological polar surface area (TPSA) is 86.3 Å². The van der Waals surface area contributed by atoms with Crippen molar-refractivity contribution in [3.63, 3.8) is 0 Å². The molecule has 0 aliphatic carbocycles. The zero-order valence-corrected chi connectivity index (χ0v) is 22.6. The van der Waals surface area contributed by atoms with E-state index < -0.39 is 5.91 Å². The number of ether oxygens (including phenoxy) is 4. The van der Waals surface area contributed by atoms with Gasteiger partial charge >= 0.3 is 0 Å². The molecule has 196 valence electrons. The summed E-state index contributed by atoms with van der Waals surface area (Å²) in [5.74, 6) is 1.50. The third-order valence-corrected chi connectivity index (χ3v) is 6.52. The Hall–Kier alpha value is -3.42. The molecule has 1 aliphatic heterocycles. The van der Waals surface area contributed by atoms with Crippen LogP contribution in [0.5, 0.6) is 23.0 Å². The van der Waals surface area contributed by atoms with Gasteiger partial charge in [-0.25, -0.2) is 5.01 Å². The Labute approximate surface area is 213 Å². The van der Waals surface area contributed by atoms with Crippen LogP contribution >= 0.6 is 0 Å². The van der Waals surface area contributed by atoms with Crippen LogP contribution < -0.4 is 24.4 Å². The Morgan fingerprint density at radius 3 is 2.19 bits per heavy atom. The van der Waals surface area contributed by atoms with Crippen molar-refractivity contribution in [1.82, 2.24) is 10.4 Å². The van der Waals surface area contributed by atoms with E-state index in [1.165, 1.54) is 5.01 Å². The van der Waals surface area contributed by atoms with Gasteiger partial charge in [-0.05, 0) is 49.9 Å². The van der Waals surface area contributed by atoms with Gasteiger partial charge in [0, 0.05) is 22.3 Å². The van der Waals surface area contributed by atoms with Crippen LogP contribution in [0, 0.1) is 19.3 Å². The van der Waals surface area contributed by atoms with Crippen LogP contribution in [0.15, 0.2) is 24.3 Å². The normalized spacial score (nSPS) is 13.6. The lowest BCUT2D eigenvalue weighted by molar-refractivity contribution is 0.0270. The molecule has 0 radical (unpaired) electrons. The maximum Gasteiger partial charge on any atom is 0.272 e. The number of carbonyl (C=O) groups is 2. The van der Waals surface area contributed by atoms with Gasteiger partial charge in [0.25, 0.3) is 11.8 Å². The molecular formula is C28H38N2O6. The summed E-state index contributed by atoms with van der Waals surface area (Å²) in [7, 11) is 3.10. The maximum atomic E-state index is 14.0. The molecule has 3 rings (SSSR count). The van der Waals surface area contributed by atoms with Crippen molar-refractivity contribution in [2.45, 2.75) is 60.4 Å². The van der Waals surface area contributed by atoms with Crippen LogP contribution in [-0.2, 0) is 0 Å². The molecule has 0 spiro atoms. The van der Waals surface area contributed by atoms with E-state index in [-0.39, 0.29) is 17.4 Å². The average Bonchev–Trinajstić information content (AvgIpc) is 2.85. The predicted molar refractivity (Wildman–Crippen MR) is 138 cm³/mol. The zero-order chi connectivity index (χ0) is 26.6. The summed E-state index contributed by atoms with van der Waals surface area (Å²) in [4.78, 5) is 27.6. The van der Waals surface area contributed by atoms with Crippen LogP contribution in [0.3, 0.4) is 0 Å². The summed E-state index contributed by atoms with van der Waals surface area (Å²) in [6, 6.07) is 6.52. The van der Waals surface area contributed by atoms with Gasteiger partial charge in [-0.2, -0.15) is 0 Å². The Balaban J connectivity index is 2.05. The summed E-state index contributed by atoms with van der Waals surface area (Å²) >= 11 is 0. The summed E-state index contributed by atoms with van der Waals surface area (Å²) in [5.41, 5.74) is 4.86. The minimum Gasteiger partial charge on any atom is -0.496 e. The molecule has 1 atom stereocenters. The molecule has 0 bridgehead atoms. The molecule has 2 amide bonds. The lowest BCUT2D eigenvalue weighted by atomic mass is 9.83. The van der Waals surface area contributed by atoms with Crippen molar-refractivity contribution in [2.75, 3.05) is 27.4 Å². The fourth-order valence-electron chi connectivity index (χ4n) is 4.51. The SMILES string of the molecule is CCCC(N(NC(=O)c1ccc2c(c1C)OCCO2)C(=O)c1cc(OC)c(C)c(OC)c1)C(C)(C)C. The summed E-state index contributed by atoms with van der Waals surface area (Å²) in [6.07, 6.45) is 1.54. The quantitative estimate of drug-likeness (QED) is 0.535. The van der Waals surface area contributed by atoms with Crippen molar-refractivity contribution >= 4 is 11.8 Å². The molecule has 1 heterocycles. The molecule has 0 saturated carbocycles. The first-order valence-electron chi connectivity index (χ1n) is 12.3. The molecule has 0 aromatic heterocycles.